The molecule has 1 atom stereocenters. The third-order valence-electron chi connectivity index (χ3n) is 4.63. The van der Waals surface area contributed by atoms with Crippen molar-refractivity contribution in [2.24, 2.45) is 11.1 Å². The van der Waals surface area contributed by atoms with E-state index in [0.717, 1.165) is 23.5 Å². The lowest BCUT2D eigenvalue weighted by Gasteiger charge is -2.33. The van der Waals surface area contributed by atoms with Crippen molar-refractivity contribution >= 4 is 0 Å². The van der Waals surface area contributed by atoms with Gasteiger partial charge in [-0.25, -0.2) is 0 Å². The van der Waals surface area contributed by atoms with E-state index in [0.29, 0.717) is 18.6 Å². The smallest absolute Gasteiger partial charge is 0.122 e. The lowest BCUT2D eigenvalue weighted by molar-refractivity contribution is 0.217. The van der Waals surface area contributed by atoms with Crippen LogP contribution >= 0.6 is 0 Å². The van der Waals surface area contributed by atoms with Gasteiger partial charge in [0.25, 0.3) is 0 Å². The molecule has 0 unspecified atom stereocenters. The van der Waals surface area contributed by atoms with E-state index in [9.17, 15) is 0 Å². The number of hydrogen-bond donors (Lipinski definition) is 1. The maximum atomic E-state index is 5.86. The van der Waals surface area contributed by atoms with Gasteiger partial charge in [-0.3, -0.25) is 0 Å². The molecule has 0 aliphatic rings. The molecule has 0 heterocycles. The largest absolute Gasteiger partial charge is 0.490 e. The molecule has 3 nitrogen and oxygen atoms in total. The highest BCUT2D eigenvalue weighted by atomic mass is 16.5. The highest BCUT2D eigenvalue weighted by molar-refractivity contribution is 5.32. The van der Waals surface area contributed by atoms with Crippen LogP contribution in [-0.2, 0) is 5.41 Å². The van der Waals surface area contributed by atoms with Gasteiger partial charge in [-0.05, 0) is 59.6 Å². The zero-order valence-electron chi connectivity index (χ0n) is 17.7. The summed E-state index contributed by atoms with van der Waals surface area (Å²) in [6, 6.07) is 16.4. The monoisotopic (exact) mass is 369 g/mol. The molecule has 2 N–H and O–H groups in total. The summed E-state index contributed by atoms with van der Waals surface area (Å²) < 4.78 is 11.5. The Labute approximate surface area is 164 Å². The van der Waals surface area contributed by atoms with E-state index < -0.39 is 0 Å². The lowest BCUT2D eigenvalue weighted by atomic mass is 9.72. The normalized spacial score (nSPS) is 13.3. The molecule has 0 saturated carbocycles. The average Bonchev–Trinajstić information content (AvgIpc) is 2.57. The van der Waals surface area contributed by atoms with Crippen LogP contribution in [-0.4, -0.2) is 13.2 Å². The van der Waals surface area contributed by atoms with Crippen LogP contribution < -0.4 is 15.2 Å². The summed E-state index contributed by atoms with van der Waals surface area (Å²) in [7, 11) is 0. The number of nitrogens with two attached hydrogens (primary N) is 1. The van der Waals surface area contributed by atoms with Crippen molar-refractivity contribution in [3.63, 3.8) is 0 Å². The van der Waals surface area contributed by atoms with Crippen molar-refractivity contribution in [3.8, 4) is 11.5 Å². The van der Waals surface area contributed by atoms with Gasteiger partial charge >= 0.3 is 0 Å². The zero-order valence-corrected chi connectivity index (χ0v) is 17.7. The van der Waals surface area contributed by atoms with Crippen molar-refractivity contribution in [1.82, 2.24) is 0 Å². The SMILES string of the molecule is C[C@@H](N)c1ccc(OCCOc2ccc(C(C)(C)CC(C)(C)C)cc2)cc1. The summed E-state index contributed by atoms with van der Waals surface area (Å²) in [6.45, 7) is 14.5. The molecule has 0 radical (unpaired) electrons. The van der Waals surface area contributed by atoms with E-state index in [1.54, 1.807) is 0 Å². The minimum absolute atomic E-state index is 0.0405. The van der Waals surface area contributed by atoms with Gasteiger partial charge in [0.05, 0.1) is 0 Å². The molecule has 0 saturated heterocycles. The molecule has 0 spiro atoms. The minimum Gasteiger partial charge on any atom is -0.490 e. The maximum absolute atomic E-state index is 5.86. The molecular formula is C24H35NO2. The summed E-state index contributed by atoms with van der Waals surface area (Å²) in [5.74, 6) is 1.71. The third-order valence-corrected chi connectivity index (χ3v) is 4.63. The van der Waals surface area contributed by atoms with Gasteiger partial charge in [0.1, 0.15) is 24.7 Å². The molecule has 2 aromatic rings. The standard InChI is InChI=1S/C24H35NO2/c1-18(25)19-7-11-21(12-8-19)26-15-16-27-22-13-9-20(10-14-22)24(5,6)17-23(2,3)4/h7-14,18H,15-17,25H2,1-6H3/t18-/m1/s1. The van der Waals surface area contributed by atoms with Crippen LogP contribution in [0.1, 0.15) is 65.1 Å². The lowest BCUT2D eigenvalue weighted by Crippen LogP contribution is -2.24. The van der Waals surface area contributed by atoms with Gasteiger partial charge in [-0.1, -0.05) is 58.9 Å². The topological polar surface area (TPSA) is 44.5 Å². The number of hydrogen-bond acceptors (Lipinski definition) is 3. The fourth-order valence-corrected chi connectivity index (χ4v) is 3.62. The fraction of sp³-hybridized carbons (Fsp3) is 0.500. The Morgan fingerprint density at radius 3 is 1.63 bits per heavy atom. The number of ether oxygens (including phenoxy) is 2. The van der Waals surface area contributed by atoms with Crippen LogP contribution in [0.15, 0.2) is 48.5 Å². The molecular weight excluding hydrogens is 334 g/mol. The summed E-state index contributed by atoms with van der Waals surface area (Å²) in [4.78, 5) is 0. The van der Waals surface area contributed by atoms with Crippen LogP contribution in [0.25, 0.3) is 0 Å². The predicted octanol–water partition coefficient (Wildman–Crippen LogP) is 5.88. The highest BCUT2D eigenvalue weighted by Gasteiger charge is 2.27. The minimum atomic E-state index is 0.0405. The first kappa shape index (κ1) is 21.3. The Kier molecular flexibility index (Phi) is 6.94. The van der Waals surface area contributed by atoms with Gasteiger partial charge in [0.2, 0.25) is 0 Å². The molecule has 3 heteroatoms. The second-order valence-electron chi connectivity index (χ2n) is 9.20. The first-order valence-corrected chi connectivity index (χ1v) is 9.78. The van der Waals surface area contributed by atoms with Crippen molar-refractivity contribution in [1.29, 1.82) is 0 Å². The predicted molar refractivity (Wildman–Crippen MR) is 114 cm³/mol. The molecule has 27 heavy (non-hydrogen) atoms. The highest BCUT2D eigenvalue weighted by Crippen LogP contribution is 2.36. The summed E-state index contributed by atoms with van der Waals surface area (Å²) in [5, 5.41) is 0. The Morgan fingerprint density at radius 1 is 0.778 bits per heavy atom. The van der Waals surface area contributed by atoms with Crippen LogP contribution in [0.4, 0.5) is 0 Å². The second-order valence-corrected chi connectivity index (χ2v) is 9.20. The Balaban J connectivity index is 1.81. The fourth-order valence-electron chi connectivity index (χ4n) is 3.62. The molecule has 2 aromatic carbocycles. The van der Waals surface area contributed by atoms with Crippen molar-refractivity contribution in [2.75, 3.05) is 13.2 Å². The van der Waals surface area contributed by atoms with E-state index in [2.05, 4.69) is 58.9 Å². The Morgan fingerprint density at radius 2 is 1.22 bits per heavy atom. The molecule has 0 bridgehead atoms. The van der Waals surface area contributed by atoms with Crippen LogP contribution in [0, 0.1) is 5.41 Å². The molecule has 0 aliphatic heterocycles. The molecule has 0 amide bonds. The number of rotatable bonds is 8. The maximum Gasteiger partial charge on any atom is 0.122 e. The van der Waals surface area contributed by atoms with Crippen LogP contribution in [0.5, 0.6) is 11.5 Å². The van der Waals surface area contributed by atoms with Crippen molar-refractivity contribution in [2.45, 2.75) is 59.4 Å². The number of benzene rings is 2. The van der Waals surface area contributed by atoms with E-state index in [4.69, 9.17) is 15.2 Å². The van der Waals surface area contributed by atoms with Gasteiger partial charge < -0.3 is 15.2 Å². The summed E-state index contributed by atoms with van der Waals surface area (Å²) in [6.07, 6.45) is 1.13. The van der Waals surface area contributed by atoms with Crippen molar-refractivity contribution in [3.05, 3.63) is 59.7 Å². The molecule has 0 fully saturated rings. The Bertz CT molecular complexity index is 695. The molecule has 2 rings (SSSR count). The van der Waals surface area contributed by atoms with Gasteiger partial charge in [0, 0.05) is 6.04 Å². The molecule has 148 valence electrons. The average molecular weight is 370 g/mol. The quantitative estimate of drug-likeness (QED) is 0.591. The zero-order chi connectivity index (χ0) is 20.1. The van der Waals surface area contributed by atoms with E-state index in [1.807, 2.05) is 31.2 Å². The van der Waals surface area contributed by atoms with Crippen molar-refractivity contribution < 1.29 is 9.47 Å². The Hall–Kier alpha value is -2.00. The van der Waals surface area contributed by atoms with Gasteiger partial charge in [-0.2, -0.15) is 0 Å². The third kappa shape index (κ3) is 6.91. The van der Waals surface area contributed by atoms with Crippen LogP contribution in [0.3, 0.4) is 0 Å². The first-order chi connectivity index (χ1) is 12.6. The first-order valence-electron chi connectivity index (χ1n) is 9.78. The van der Waals surface area contributed by atoms with Crippen LogP contribution in [0.2, 0.25) is 0 Å². The molecule has 0 aliphatic carbocycles. The van der Waals surface area contributed by atoms with Gasteiger partial charge in [-0.15, -0.1) is 0 Å². The van der Waals surface area contributed by atoms with E-state index in [1.165, 1.54) is 5.56 Å². The van der Waals surface area contributed by atoms with E-state index in [-0.39, 0.29) is 11.5 Å². The van der Waals surface area contributed by atoms with Gasteiger partial charge in [0.15, 0.2) is 0 Å². The second kappa shape index (κ2) is 8.79. The van der Waals surface area contributed by atoms with E-state index >= 15 is 0 Å². The molecule has 0 aromatic heterocycles. The summed E-state index contributed by atoms with van der Waals surface area (Å²) >= 11 is 0. The summed E-state index contributed by atoms with van der Waals surface area (Å²) in [5.41, 5.74) is 8.75.